The maximum atomic E-state index is 5.80. The molecule has 26 heavy (non-hydrogen) atoms. The lowest BCUT2D eigenvalue weighted by Crippen LogP contribution is -2.02. The molecule has 0 saturated carbocycles. The van der Waals surface area contributed by atoms with E-state index in [-0.39, 0.29) is 0 Å². The van der Waals surface area contributed by atoms with Crippen LogP contribution in [-0.4, -0.2) is 6.61 Å². The Balaban J connectivity index is 1.73. The Labute approximate surface area is 160 Å². The Bertz CT molecular complexity index is 644. The van der Waals surface area contributed by atoms with Crippen molar-refractivity contribution >= 4 is 0 Å². The van der Waals surface area contributed by atoms with Crippen LogP contribution in [0.25, 0.3) is 0 Å². The Morgan fingerprint density at radius 1 is 0.962 bits per heavy atom. The van der Waals surface area contributed by atoms with Gasteiger partial charge in [-0.25, -0.2) is 0 Å². The molecule has 0 heterocycles. The molecule has 1 nitrogen and oxygen atoms in total. The summed E-state index contributed by atoms with van der Waals surface area (Å²) in [5, 5.41) is 0. The Kier molecular flexibility index (Phi) is 9.20. The van der Waals surface area contributed by atoms with E-state index in [4.69, 9.17) is 4.74 Å². The zero-order valence-electron chi connectivity index (χ0n) is 16.5. The van der Waals surface area contributed by atoms with E-state index in [9.17, 15) is 0 Å². The summed E-state index contributed by atoms with van der Waals surface area (Å²) in [6, 6.07) is 19.5. The second-order valence-electron chi connectivity index (χ2n) is 7.20. The topological polar surface area (TPSA) is 9.23 Å². The van der Waals surface area contributed by atoms with Gasteiger partial charge in [0.2, 0.25) is 0 Å². The monoisotopic (exact) mass is 350 g/mol. The van der Waals surface area contributed by atoms with Gasteiger partial charge in [-0.05, 0) is 54.7 Å². The first-order valence-electron chi connectivity index (χ1n) is 10.1. The number of hydrogen-bond donors (Lipinski definition) is 0. The molecule has 1 unspecified atom stereocenters. The maximum Gasteiger partial charge on any atom is 0.0721 e. The van der Waals surface area contributed by atoms with Gasteiger partial charge in [-0.15, -0.1) is 0 Å². The molecule has 0 aliphatic heterocycles. The molecule has 0 amide bonds. The minimum absolute atomic E-state index is 0.665. The van der Waals surface area contributed by atoms with Crippen LogP contribution in [0.5, 0.6) is 0 Å². The van der Waals surface area contributed by atoms with Crippen LogP contribution < -0.4 is 0 Å². The van der Waals surface area contributed by atoms with Gasteiger partial charge in [-0.3, -0.25) is 0 Å². The van der Waals surface area contributed by atoms with Crippen LogP contribution in [0.4, 0.5) is 0 Å². The van der Waals surface area contributed by atoms with Crippen LogP contribution in [0.15, 0.2) is 66.7 Å². The smallest absolute Gasteiger partial charge is 0.0721 e. The molecule has 0 bridgehead atoms. The first-order valence-corrected chi connectivity index (χ1v) is 10.1. The van der Waals surface area contributed by atoms with Gasteiger partial charge in [0.1, 0.15) is 0 Å². The molecule has 1 atom stereocenters. The largest absolute Gasteiger partial charge is 0.372 e. The van der Waals surface area contributed by atoms with Crippen molar-refractivity contribution in [2.45, 2.75) is 64.9 Å². The van der Waals surface area contributed by atoms with Gasteiger partial charge < -0.3 is 4.74 Å². The van der Waals surface area contributed by atoms with Gasteiger partial charge in [0.05, 0.1) is 13.2 Å². The van der Waals surface area contributed by atoms with E-state index >= 15 is 0 Å². The lowest BCUT2D eigenvalue weighted by molar-refractivity contribution is 0.140. The van der Waals surface area contributed by atoms with Crippen LogP contribution in [0.3, 0.4) is 0 Å². The molecule has 0 spiro atoms. The lowest BCUT2D eigenvalue weighted by Gasteiger charge is -2.18. The average Bonchev–Trinajstić information content (AvgIpc) is 2.68. The van der Waals surface area contributed by atoms with Crippen molar-refractivity contribution in [3.05, 3.63) is 83.4 Å². The van der Waals surface area contributed by atoms with Crippen LogP contribution in [0.2, 0.25) is 0 Å². The molecule has 0 aliphatic carbocycles. The van der Waals surface area contributed by atoms with E-state index in [0.29, 0.717) is 19.1 Å². The molecule has 0 aliphatic rings. The first-order chi connectivity index (χ1) is 12.7. The summed E-state index contributed by atoms with van der Waals surface area (Å²) in [7, 11) is 0. The fourth-order valence-electron chi connectivity index (χ4n) is 3.45. The summed E-state index contributed by atoms with van der Waals surface area (Å²) in [6.07, 6.45) is 7.10. The number of benzene rings is 2. The highest BCUT2D eigenvalue weighted by Crippen LogP contribution is 2.28. The van der Waals surface area contributed by atoms with Gasteiger partial charge in [0.25, 0.3) is 0 Å². The van der Waals surface area contributed by atoms with Crippen molar-refractivity contribution in [2.75, 3.05) is 6.61 Å². The summed E-state index contributed by atoms with van der Waals surface area (Å²) in [5.41, 5.74) is 5.39. The highest BCUT2D eigenvalue weighted by atomic mass is 16.5. The van der Waals surface area contributed by atoms with Crippen LogP contribution in [0, 0.1) is 0 Å². The average molecular weight is 351 g/mol. The van der Waals surface area contributed by atoms with E-state index in [2.05, 4.69) is 69.0 Å². The van der Waals surface area contributed by atoms with E-state index in [1.807, 2.05) is 6.07 Å². The number of rotatable bonds is 12. The van der Waals surface area contributed by atoms with Crippen molar-refractivity contribution in [1.82, 2.24) is 0 Å². The molecule has 0 aromatic heterocycles. The Morgan fingerprint density at radius 2 is 1.73 bits per heavy atom. The van der Waals surface area contributed by atoms with Gasteiger partial charge in [-0.1, -0.05) is 87.0 Å². The number of hydrogen-bond acceptors (Lipinski definition) is 1. The standard InChI is InChI=1S/C25H34O/c1-4-11-24(25-17-10-15-22(5-2)18-25)16-9-12-21(3)19-26-20-23-13-7-6-8-14-23/h6-8,10,13-15,17-18,24H,3-5,9,11-12,16,19-20H2,1-2H3. The summed E-state index contributed by atoms with van der Waals surface area (Å²) in [6.45, 7) is 10.1. The van der Waals surface area contributed by atoms with Crippen molar-refractivity contribution in [3.63, 3.8) is 0 Å². The summed E-state index contributed by atoms with van der Waals surface area (Å²) < 4.78 is 5.80. The highest BCUT2D eigenvalue weighted by molar-refractivity contribution is 5.26. The molecule has 0 radical (unpaired) electrons. The maximum absolute atomic E-state index is 5.80. The van der Waals surface area contributed by atoms with Gasteiger partial charge in [0.15, 0.2) is 0 Å². The summed E-state index contributed by atoms with van der Waals surface area (Å²) in [5.74, 6) is 0.671. The molecular formula is C25H34O. The third-order valence-corrected chi connectivity index (χ3v) is 4.97. The number of ether oxygens (including phenoxy) is 1. The van der Waals surface area contributed by atoms with E-state index in [0.717, 1.165) is 12.8 Å². The SMILES string of the molecule is C=C(CCCC(CCC)c1cccc(CC)c1)COCc1ccccc1. The summed E-state index contributed by atoms with van der Waals surface area (Å²) in [4.78, 5) is 0. The van der Waals surface area contributed by atoms with Crippen LogP contribution in [0.1, 0.15) is 68.6 Å². The molecule has 0 saturated heterocycles. The second-order valence-corrected chi connectivity index (χ2v) is 7.20. The molecular weight excluding hydrogens is 316 g/mol. The van der Waals surface area contributed by atoms with Crippen molar-refractivity contribution in [1.29, 1.82) is 0 Å². The quantitative estimate of drug-likeness (QED) is 0.372. The van der Waals surface area contributed by atoms with E-state index in [1.54, 1.807) is 0 Å². The van der Waals surface area contributed by atoms with Gasteiger partial charge in [0, 0.05) is 0 Å². The zero-order chi connectivity index (χ0) is 18.6. The van der Waals surface area contributed by atoms with Crippen molar-refractivity contribution in [2.24, 2.45) is 0 Å². The molecule has 2 aromatic rings. The zero-order valence-corrected chi connectivity index (χ0v) is 16.5. The minimum atomic E-state index is 0.665. The molecule has 0 fully saturated rings. The van der Waals surface area contributed by atoms with Gasteiger partial charge in [-0.2, -0.15) is 0 Å². The molecule has 2 rings (SSSR count). The van der Waals surface area contributed by atoms with E-state index < -0.39 is 0 Å². The van der Waals surface area contributed by atoms with Crippen LogP contribution in [-0.2, 0) is 17.8 Å². The van der Waals surface area contributed by atoms with E-state index in [1.165, 1.54) is 47.9 Å². The first kappa shape index (κ1) is 20.5. The predicted molar refractivity (Wildman–Crippen MR) is 113 cm³/mol. The third-order valence-electron chi connectivity index (χ3n) is 4.97. The lowest BCUT2D eigenvalue weighted by atomic mass is 9.88. The summed E-state index contributed by atoms with van der Waals surface area (Å²) >= 11 is 0. The Hall–Kier alpha value is -1.86. The minimum Gasteiger partial charge on any atom is -0.372 e. The third kappa shape index (κ3) is 7.17. The van der Waals surface area contributed by atoms with Gasteiger partial charge >= 0.3 is 0 Å². The molecule has 140 valence electrons. The predicted octanol–water partition coefficient (Wildman–Crippen LogP) is 7.08. The second kappa shape index (κ2) is 11.7. The van der Waals surface area contributed by atoms with Crippen LogP contribution >= 0.6 is 0 Å². The fourth-order valence-corrected chi connectivity index (χ4v) is 3.45. The fraction of sp³-hybridized carbons (Fsp3) is 0.440. The molecule has 1 heteroatoms. The van der Waals surface area contributed by atoms with Crippen molar-refractivity contribution < 1.29 is 4.74 Å². The Morgan fingerprint density at radius 3 is 2.46 bits per heavy atom. The highest BCUT2D eigenvalue weighted by Gasteiger charge is 2.11. The normalized spacial score (nSPS) is 12.1. The number of aryl methyl sites for hydroxylation is 1. The molecule has 0 N–H and O–H groups in total. The van der Waals surface area contributed by atoms with Crippen molar-refractivity contribution in [3.8, 4) is 0 Å². The molecule has 2 aromatic carbocycles.